The van der Waals surface area contributed by atoms with Crippen molar-refractivity contribution in [3.05, 3.63) is 11.6 Å². The van der Waals surface area contributed by atoms with Crippen LogP contribution in [0.15, 0.2) is 11.6 Å². The van der Waals surface area contributed by atoms with E-state index < -0.39 is 0 Å². The van der Waals surface area contributed by atoms with E-state index in [2.05, 4.69) is 6.08 Å². The van der Waals surface area contributed by atoms with Gasteiger partial charge in [0.1, 0.15) is 0 Å². The average Bonchev–Trinajstić information content (AvgIpc) is 2.49. The van der Waals surface area contributed by atoms with Crippen molar-refractivity contribution in [1.82, 2.24) is 0 Å². The van der Waals surface area contributed by atoms with E-state index in [0.29, 0.717) is 0 Å². The Kier molecular flexibility index (Phi) is 2.30. The normalized spacial score (nSPS) is 36.7. The van der Waals surface area contributed by atoms with Crippen molar-refractivity contribution in [2.24, 2.45) is 5.92 Å². The van der Waals surface area contributed by atoms with Gasteiger partial charge in [-0.25, -0.2) is 0 Å². The summed E-state index contributed by atoms with van der Waals surface area (Å²) in [5.74, 6) is 1.07. The Morgan fingerprint density at radius 2 is 2.09 bits per heavy atom. The van der Waals surface area contributed by atoms with Gasteiger partial charge >= 0.3 is 0 Å². The fraction of sp³-hybridized carbons (Fsp3) is 0.818. The molecule has 0 spiro atoms. The van der Waals surface area contributed by atoms with Crippen molar-refractivity contribution in [3.63, 3.8) is 0 Å². The lowest BCUT2D eigenvalue weighted by Gasteiger charge is -2.05. The Morgan fingerprint density at radius 3 is 3.09 bits per heavy atom. The molecule has 11 heavy (non-hydrogen) atoms. The SMILES string of the molecule is C1=C2/CCC(CCCCC/1)C2. The maximum atomic E-state index is 2.52. The molecule has 1 fully saturated rings. The lowest BCUT2D eigenvalue weighted by Crippen LogP contribution is -1.91. The molecule has 0 heterocycles. The molecule has 0 aromatic heterocycles. The molecule has 0 nitrogen and oxygen atoms in total. The minimum absolute atomic E-state index is 1.07. The third-order valence-electron chi connectivity index (χ3n) is 3.17. The van der Waals surface area contributed by atoms with E-state index in [4.69, 9.17) is 0 Å². The molecule has 2 aliphatic rings. The Bertz CT molecular complexity index is 155. The highest BCUT2D eigenvalue weighted by atomic mass is 14.2. The molecule has 0 aliphatic heterocycles. The summed E-state index contributed by atoms with van der Waals surface area (Å²) in [7, 11) is 0. The predicted molar refractivity (Wildman–Crippen MR) is 48.5 cm³/mol. The first-order chi connectivity index (χ1) is 5.45. The molecule has 1 atom stereocenters. The summed E-state index contributed by atoms with van der Waals surface area (Å²) in [5, 5.41) is 0. The van der Waals surface area contributed by atoms with Gasteiger partial charge in [0, 0.05) is 0 Å². The largest absolute Gasteiger partial charge is 0.0853 e. The van der Waals surface area contributed by atoms with E-state index in [1.165, 1.54) is 51.4 Å². The summed E-state index contributed by atoms with van der Waals surface area (Å²) in [6, 6.07) is 0. The smallest absolute Gasteiger partial charge is 0.0292 e. The molecule has 1 unspecified atom stereocenters. The molecule has 0 radical (unpaired) electrons. The van der Waals surface area contributed by atoms with Gasteiger partial charge in [-0.15, -0.1) is 0 Å². The molecule has 2 aliphatic carbocycles. The minimum atomic E-state index is 1.07. The zero-order chi connectivity index (χ0) is 7.52. The zero-order valence-corrected chi connectivity index (χ0v) is 7.31. The van der Waals surface area contributed by atoms with Crippen LogP contribution < -0.4 is 0 Å². The second-order valence-corrected chi connectivity index (χ2v) is 4.11. The second-order valence-electron chi connectivity index (χ2n) is 4.11. The van der Waals surface area contributed by atoms with Crippen LogP contribution in [-0.2, 0) is 0 Å². The fourth-order valence-corrected chi connectivity index (χ4v) is 2.46. The van der Waals surface area contributed by atoms with Gasteiger partial charge < -0.3 is 0 Å². The highest BCUT2D eigenvalue weighted by molar-refractivity contribution is 5.08. The van der Waals surface area contributed by atoms with E-state index in [9.17, 15) is 0 Å². The molecular formula is C11H18. The molecule has 2 bridgehead atoms. The van der Waals surface area contributed by atoms with Gasteiger partial charge in [0.25, 0.3) is 0 Å². The highest BCUT2D eigenvalue weighted by Crippen LogP contribution is 2.35. The van der Waals surface area contributed by atoms with E-state index in [-0.39, 0.29) is 0 Å². The van der Waals surface area contributed by atoms with Crippen molar-refractivity contribution in [1.29, 1.82) is 0 Å². The van der Waals surface area contributed by atoms with Gasteiger partial charge in [-0.2, -0.15) is 0 Å². The van der Waals surface area contributed by atoms with E-state index >= 15 is 0 Å². The van der Waals surface area contributed by atoms with Gasteiger partial charge in [0.05, 0.1) is 0 Å². The first kappa shape index (κ1) is 7.39. The number of fused-ring (bicyclic) bond motifs is 2. The fourth-order valence-electron chi connectivity index (χ4n) is 2.46. The third kappa shape index (κ3) is 1.85. The molecule has 1 saturated carbocycles. The Morgan fingerprint density at radius 1 is 1.09 bits per heavy atom. The van der Waals surface area contributed by atoms with Gasteiger partial charge in [-0.05, 0) is 38.0 Å². The number of hydrogen-bond donors (Lipinski definition) is 0. The molecule has 62 valence electrons. The summed E-state index contributed by atoms with van der Waals surface area (Å²) in [6.45, 7) is 0. The summed E-state index contributed by atoms with van der Waals surface area (Å²) >= 11 is 0. The van der Waals surface area contributed by atoms with Crippen molar-refractivity contribution in [2.75, 3.05) is 0 Å². The molecular weight excluding hydrogens is 132 g/mol. The lowest BCUT2D eigenvalue weighted by molar-refractivity contribution is 0.476. The average molecular weight is 150 g/mol. The molecule has 0 heteroatoms. The molecule has 0 amide bonds. The van der Waals surface area contributed by atoms with Crippen LogP contribution in [0.2, 0.25) is 0 Å². The predicted octanol–water partition coefficient (Wildman–Crippen LogP) is 3.68. The standard InChI is InChI=1S/C11H18/c1-2-4-6-11-8-7-10(9-11)5-3-1/h5,11H,1-4,6-9H2/b10-5-. The van der Waals surface area contributed by atoms with Gasteiger partial charge in [-0.1, -0.05) is 30.9 Å². The number of allylic oxidation sites excluding steroid dienone is 2. The van der Waals surface area contributed by atoms with Crippen molar-refractivity contribution < 1.29 is 0 Å². The topological polar surface area (TPSA) is 0 Å². The zero-order valence-electron chi connectivity index (χ0n) is 7.31. The van der Waals surface area contributed by atoms with E-state index in [1.54, 1.807) is 5.57 Å². The summed E-state index contributed by atoms with van der Waals surface area (Å²) < 4.78 is 0. The molecule has 0 aromatic rings. The minimum Gasteiger partial charge on any atom is -0.0853 e. The molecule has 0 aromatic carbocycles. The van der Waals surface area contributed by atoms with Crippen LogP contribution in [0.4, 0.5) is 0 Å². The number of rotatable bonds is 0. The van der Waals surface area contributed by atoms with Crippen LogP contribution >= 0.6 is 0 Å². The van der Waals surface area contributed by atoms with Crippen LogP contribution in [0.1, 0.15) is 51.4 Å². The van der Waals surface area contributed by atoms with Crippen LogP contribution in [0.3, 0.4) is 0 Å². The van der Waals surface area contributed by atoms with E-state index in [1.807, 2.05) is 0 Å². The Labute approximate surface area is 69.7 Å². The van der Waals surface area contributed by atoms with Crippen molar-refractivity contribution >= 4 is 0 Å². The number of hydrogen-bond acceptors (Lipinski definition) is 0. The van der Waals surface area contributed by atoms with Crippen molar-refractivity contribution in [2.45, 2.75) is 51.4 Å². The Balaban J connectivity index is 2.00. The lowest BCUT2D eigenvalue weighted by atomic mass is 10.0. The van der Waals surface area contributed by atoms with Crippen LogP contribution in [-0.4, -0.2) is 0 Å². The first-order valence-corrected chi connectivity index (χ1v) is 5.13. The first-order valence-electron chi connectivity index (χ1n) is 5.13. The molecule has 0 saturated heterocycles. The van der Waals surface area contributed by atoms with Crippen LogP contribution in [0.25, 0.3) is 0 Å². The maximum absolute atomic E-state index is 2.52. The van der Waals surface area contributed by atoms with Gasteiger partial charge in [0.15, 0.2) is 0 Å². The van der Waals surface area contributed by atoms with Crippen molar-refractivity contribution in [3.8, 4) is 0 Å². The summed E-state index contributed by atoms with van der Waals surface area (Å²) in [5.41, 5.74) is 1.77. The van der Waals surface area contributed by atoms with Gasteiger partial charge in [-0.3, -0.25) is 0 Å². The van der Waals surface area contributed by atoms with Crippen LogP contribution in [0.5, 0.6) is 0 Å². The van der Waals surface area contributed by atoms with Crippen LogP contribution in [0, 0.1) is 5.92 Å². The third-order valence-corrected chi connectivity index (χ3v) is 3.17. The maximum Gasteiger partial charge on any atom is -0.0292 e. The monoisotopic (exact) mass is 150 g/mol. The quantitative estimate of drug-likeness (QED) is 0.462. The molecule has 2 rings (SSSR count). The summed E-state index contributed by atoms with van der Waals surface area (Å²) in [4.78, 5) is 0. The highest BCUT2D eigenvalue weighted by Gasteiger charge is 2.19. The van der Waals surface area contributed by atoms with E-state index in [0.717, 1.165) is 5.92 Å². The summed E-state index contributed by atoms with van der Waals surface area (Å²) in [6.07, 6.45) is 14.2. The Hall–Kier alpha value is -0.260. The van der Waals surface area contributed by atoms with Gasteiger partial charge in [0.2, 0.25) is 0 Å². The second kappa shape index (κ2) is 3.42. The molecule has 0 N–H and O–H groups in total.